The third-order valence-electron chi connectivity index (χ3n) is 11.3. The fraction of sp³-hybridized carbons (Fsp3) is 0.512. The van der Waals surface area contributed by atoms with Gasteiger partial charge in [-0.25, -0.2) is 4.79 Å². The van der Waals surface area contributed by atoms with Crippen LogP contribution in [0.2, 0.25) is 0 Å². The second kappa shape index (κ2) is 18.8. The first kappa shape index (κ1) is 41.5. The van der Waals surface area contributed by atoms with E-state index in [0.29, 0.717) is 36.1 Å². The number of nitrogens with one attached hydrogen (secondary N) is 3. The zero-order valence-electron chi connectivity index (χ0n) is 33.5. The number of ether oxygens (including phenoxy) is 2. The monoisotopic (exact) mass is 757 g/mol. The average Bonchev–Trinajstić information content (AvgIpc) is 3.54. The first-order chi connectivity index (χ1) is 26.3. The van der Waals surface area contributed by atoms with Crippen molar-refractivity contribution in [1.29, 1.82) is 0 Å². The van der Waals surface area contributed by atoms with Crippen LogP contribution < -0.4 is 25.6 Å². The number of methoxy groups -OCH3 is 1. The van der Waals surface area contributed by atoms with Crippen molar-refractivity contribution in [3.63, 3.8) is 0 Å². The van der Waals surface area contributed by atoms with Crippen LogP contribution in [0.1, 0.15) is 62.0 Å². The van der Waals surface area contributed by atoms with E-state index in [0.717, 1.165) is 40.8 Å². The number of hydrogen-bond acceptors (Lipinski definition) is 9. The summed E-state index contributed by atoms with van der Waals surface area (Å²) in [6, 6.07) is 20.3. The fourth-order valence-corrected chi connectivity index (χ4v) is 8.20. The number of anilines is 1. The lowest BCUT2D eigenvalue weighted by atomic mass is 9.73. The van der Waals surface area contributed by atoms with E-state index in [9.17, 15) is 19.5 Å². The second-order valence-corrected chi connectivity index (χ2v) is 15.5. The molecule has 0 unspecified atom stereocenters. The van der Waals surface area contributed by atoms with Gasteiger partial charge in [0.2, 0.25) is 5.91 Å². The maximum atomic E-state index is 14.6. The largest absolute Gasteiger partial charge is 0.496 e. The molecule has 0 bridgehead atoms. The summed E-state index contributed by atoms with van der Waals surface area (Å²) in [5.41, 5.74) is 4.70. The zero-order chi connectivity index (χ0) is 39.8. The van der Waals surface area contributed by atoms with Crippen LogP contribution in [0, 0.1) is 23.7 Å². The summed E-state index contributed by atoms with van der Waals surface area (Å²) in [6.07, 6.45) is 0.371. The van der Waals surface area contributed by atoms with Gasteiger partial charge in [0.15, 0.2) is 0 Å². The molecule has 298 valence electrons. The maximum absolute atomic E-state index is 14.6. The lowest BCUT2D eigenvalue weighted by molar-refractivity contribution is -0.182. The molecule has 0 radical (unpaired) electrons. The van der Waals surface area contributed by atoms with Crippen molar-refractivity contribution in [2.45, 2.75) is 77.8 Å². The van der Waals surface area contributed by atoms with Gasteiger partial charge in [0.25, 0.3) is 5.91 Å². The van der Waals surface area contributed by atoms with Gasteiger partial charge in [-0.1, -0.05) is 69.3 Å². The molecule has 3 aromatic carbocycles. The molecule has 3 aromatic rings. The van der Waals surface area contributed by atoms with Crippen LogP contribution in [-0.2, 0) is 27.3 Å². The third kappa shape index (κ3) is 9.97. The van der Waals surface area contributed by atoms with E-state index in [2.05, 4.69) is 36.7 Å². The smallest absolute Gasteiger partial charge is 0.407 e. The average molecular weight is 758 g/mol. The molecule has 2 aliphatic rings. The van der Waals surface area contributed by atoms with E-state index in [4.69, 9.17) is 14.3 Å². The summed E-state index contributed by atoms with van der Waals surface area (Å²) in [6.45, 7) is 8.49. The van der Waals surface area contributed by atoms with Gasteiger partial charge in [0.1, 0.15) is 24.0 Å². The lowest BCUT2D eigenvalue weighted by Gasteiger charge is -2.39. The number of carbonyl (C=O) groups excluding carboxylic acids is 3. The van der Waals surface area contributed by atoms with E-state index >= 15 is 0 Å². The summed E-state index contributed by atoms with van der Waals surface area (Å²) in [5, 5.41) is 21.2. The number of carbonyl (C=O) groups is 3. The molecule has 1 saturated heterocycles. The van der Waals surface area contributed by atoms with Crippen LogP contribution in [-0.4, -0.2) is 93.8 Å². The number of benzene rings is 3. The van der Waals surface area contributed by atoms with Crippen LogP contribution in [0.3, 0.4) is 0 Å². The number of aliphatic hydroxyl groups excluding tert-OH is 1. The Morgan fingerprint density at radius 1 is 1.02 bits per heavy atom. The predicted molar refractivity (Wildman–Crippen MR) is 214 cm³/mol. The Kier molecular flexibility index (Phi) is 14.2. The number of hydroxylamine groups is 2. The molecular weight excluding hydrogens is 699 g/mol. The van der Waals surface area contributed by atoms with Gasteiger partial charge in [-0.2, -0.15) is 5.06 Å². The summed E-state index contributed by atoms with van der Waals surface area (Å²) >= 11 is 0. The Morgan fingerprint density at radius 3 is 2.44 bits per heavy atom. The Balaban J connectivity index is 1.45. The highest BCUT2D eigenvalue weighted by molar-refractivity contribution is 5.97. The molecule has 5 rings (SSSR count). The first-order valence-corrected chi connectivity index (χ1v) is 19.4. The molecule has 12 heteroatoms. The molecule has 0 spiro atoms. The van der Waals surface area contributed by atoms with Crippen LogP contribution in [0.25, 0.3) is 11.1 Å². The van der Waals surface area contributed by atoms with Crippen molar-refractivity contribution < 1.29 is 33.8 Å². The number of rotatable bonds is 14. The van der Waals surface area contributed by atoms with Crippen molar-refractivity contribution in [3.8, 4) is 16.9 Å². The van der Waals surface area contributed by atoms with Gasteiger partial charge in [-0.15, -0.1) is 0 Å². The van der Waals surface area contributed by atoms with Crippen LogP contribution in [0.4, 0.5) is 10.5 Å². The molecule has 1 aliphatic carbocycles. The molecule has 4 N–H and O–H groups in total. The Morgan fingerprint density at radius 2 is 1.76 bits per heavy atom. The molecular formula is C43H59N5O7. The molecule has 1 aliphatic heterocycles. The highest BCUT2D eigenvalue weighted by atomic mass is 16.7. The normalized spacial score (nSPS) is 24.4. The highest BCUT2D eigenvalue weighted by Gasteiger charge is 2.51. The zero-order valence-corrected chi connectivity index (χ0v) is 33.5. The first-order valence-electron chi connectivity index (χ1n) is 19.4. The number of hydrogen-bond donors (Lipinski definition) is 4. The van der Waals surface area contributed by atoms with Gasteiger partial charge in [0, 0.05) is 56.1 Å². The van der Waals surface area contributed by atoms with E-state index < -0.39 is 30.3 Å². The quantitative estimate of drug-likeness (QED) is 0.170. The molecule has 8 atom stereocenters. The van der Waals surface area contributed by atoms with Crippen LogP contribution in [0.5, 0.6) is 5.75 Å². The SMILES string of the molecule is CNC(=O)c1cc(-c2cccc(CN3O[C@@H](CO)[C@@H]([C@H](C)OC(=O)NCCc4ccccc4)[C@H]3C(=O)N[C@H]3C[C@H](C)C[C@H](C)[C@@H]3C)c2OC)cc(N(C)C)c1. The van der Waals surface area contributed by atoms with Crippen molar-refractivity contribution in [1.82, 2.24) is 21.0 Å². The summed E-state index contributed by atoms with van der Waals surface area (Å²) in [5.74, 6) is 0.563. The Bertz CT molecular complexity index is 1770. The van der Waals surface area contributed by atoms with Gasteiger partial charge in [-0.3, -0.25) is 14.4 Å². The number of alkyl carbamates (subject to hydrolysis) is 1. The Labute approximate surface area is 325 Å². The topological polar surface area (TPSA) is 142 Å². The van der Waals surface area contributed by atoms with E-state index in [1.807, 2.05) is 85.7 Å². The second-order valence-electron chi connectivity index (χ2n) is 15.5. The Hall–Kier alpha value is -4.65. The van der Waals surface area contributed by atoms with Crippen LogP contribution >= 0.6 is 0 Å². The molecule has 12 nitrogen and oxygen atoms in total. The third-order valence-corrected chi connectivity index (χ3v) is 11.3. The lowest BCUT2D eigenvalue weighted by Crippen LogP contribution is -2.55. The van der Waals surface area contributed by atoms with Crippen molar-refractivity contribution >= 4 is 23.6 Å². The number of nitrogens with zero attached hydrogens (tertiary/aromatic N) is 2. The molecule has 0 aromatic heterocycles. The van der Waals surface area contributed by atoms with Gasteiger partial charge >= 0.3 is 6.09 Å². The standard InChI is InChI=1S/C43H59N5O7/c1-26-19-27(2)28(3)36(20-26)46-42(51)39-38(29(4)54-43(52)45-18-17-30-13-10-9-11-14-30)37(25-49)55-48(39)24-31-15-12-16-35(40(31)53-8)32-21-33(41(50)44-5)23-34(22-32)47(6)7/h9-16,21-23,26-29,36-39,49H,17-20,24-25H2,1-8H3,(H,44,50)(H,45,52)(H,46,51)/t26-,27+,28+,29+,36+,37+,38-,39+/m1/s1. The van der Waals surface area contributed by atoms with Gasteiger partial charge in [0.05, 0.1) is 26.2 Å². The molecule has 1 heterocycles. The van der Waals surface area contributed by atoms with E-state index in [1.165, 1.54) is 0 Å². The number of para-hydroxylation sites is 1. The van der Waals surface area contributed by atoms with Crippen molar-refractivity contribution in [2.75, 3.05) is 46.3 Å². The predicted octanol–water partition coefficient (Wildman–Crippen LogP) is 5.43. The molecule has 1 saturated carbocycles. The molecule has 2 fully saturated rings. The van der Waals surface area contributed by atoms with E-state index in [1.54, 1.807) is 26.1 Å². The van der Waals surface area contributed by atoms with Crippen LogP contribution in [0.15, 0.2) is 66.7 Å². The molecule has 55 heavy (non-hydrogen) atoms. The number of aliphatic hydroxyl groups is 1. The maximum Gasteiger partial charge on any atom is 0.407 e. The van der Waals surface area contributed by atoms with E-state index in [-0.39, 0.29) is 36.9 Å². The van der Waals surface area contributed by atoms with Crippen molar-refractivity contribution in [3.05, 3.63) is 83.4 Å². The minimum absolute atomic E-state index is 0.0456. The fourth-order valence-electron chi connectivity index (χ4n) is 8.20. The summed E-state index contributed by atoms with van der Waals surface area (Å²) in [4.78, 5) is 48.8. The molecule has 3 amide bonds. The van der Waals surface area contributed by atoms with Crippen molar-refractivity contribution in [2.24, 2.45) is 23.7 Å². The van der Waals surface area contributed by atoms with Gasteiger partial charge < -0.3 is 35.4 Å². The number of amides is 3. The van der Waals surface area contributed by atoms with Gasteiger partial charge in [-0.05, 0) is 73.3 Å². The minimum atomic E-state index is -0.908. The summed E-state index contributed by atoms with van der Waals surface area (Å²) in [7, 11) is 7.02. The minimum Gasteiger partial charge on any atom is -0.496 e. The highest BCUT2D eigenvalue weighted by Crippen LogP contribution is 2.40. The summed E-state index contributed by atoms with van der Waals surface area (Å²) < 4.78 is 12.0.